The number of imidazole rings is 2. The van der Waals surface area contributed by atoms with Crippen LogP contribution < -0.4 is 22.1 Å². The number of aliphatic carboxylic acids is 4. The minimum absolute atomic E-state index is 0.145. The van der Waals surface area contributed by atoms with E-state index in [1.54, 1.807) is 25.0 Å². The highest BCUT2D eigenvalue weighted by Gasteiger charge is 2.40. The molecule has 20 nitrogen and oxygen atoms in total. The zero-order chi connectivity index (χ0) is 48.7. The van der Waals surface area contributed by atoms with E-state index in [0.29, 0.717) is 25.9 Å². The van der Waals surface area contributed by atoms with Crippen LogP contribution in [-0.4, -0.2) is 126 Å². The number of nitrogens with two attached hydrogens (primary N) is 2. The zero-order valence-corrected chi connectivity index (χ0v) is 31.5. The Morgan fingerprint density at radius 3 is 0.984 bits per heavy atom. The van der Waals surface area contributed by atoms with Gasteiger partial charge in [-0.25, -0.2) is 29.1 Å². The van der Waals surface area contributed by atoms with Crippen molar-refractivity contribution in [3.63, 3.8) is 0 Å². The first-order chi connectivity index (χ1) is 28.3. The average Bonchev–Trinajstić information content (AvgIpc) is 3.85. The molecule has 0 spiro atoms. The molecule has 0 aromatic carbocycles. The molecular formula is C30H40F12N10O10. The number of nitrogens with one attached hydrogen (secondary N) is 4. The number of amides is 2. The van der Waals surface area contributed by atoms with E-state index in [-0.39, 0.29) is 23.7 Å². The van der Waals surface area contributed by atoms with Crippen molar-refractivity contribution in [2.24, 2.45) is 21.5 Å². The number of aryl methyl sites for hydroxylation is 2. The Bertz CT molecular complexity index is 1510. The number of alkyl halides is 12. The Kier molecular flexibility index (Phi) is 29.2. The number of aromatic amines is 2. The van der Waals surface area contributed by atoms with Crippen molar-refractivity contribution < 1.29 is 102 Å². The topological polar surface area (TPSA) is 342 Å². The lowest BCUT2D eigenvalue weighted by Gasteiger charge is -2.06. The third-order valence-electron chi connectivity index (χ3n) is 5.95. The van der Waals surface area contributed by atoms with Crippen LogP contribution in [0.1, 0.15) is 62.8 Å². The Morgan fingerprint density at radius 2 is 0.774 bits per heavy atom. The quantitative estimate of drug-likeness (QED) is 0.0530. The van der Waals surface area contributed by atoms with E-state index in [1.807, 2.05) is 0 Å². The van der Waals surface area contributed by atoms with Gasteiger partial charge in [0, 0.05) is 49.7 Å². The summed E-state index contributed by atoms with van der Waals surface area (Å²) in [6, 6.07) is 0. The second-order valence-corrected chi connectivity index (χ2v) is 11.1. The van der Waals surface area contributed by atoms with Crippen LogP contribution in [0.15, 0.2) is 35.0 Å². The van der Waals surface area contributed by atoms with Crippen LogP contribution in [-0.2, 0) is 41.6 Å². The van der Waals surface area contributed by atoms with E-state index in [2.05, 4.69) is 40.6 Å². The molecule has 2 aromatic rings. The summed E-state index contributed by atoms with van der Waals surface area (Å²) in [6.07, 6.45) is -6.34. The number of carboxylic acid groups (broad SMARTS) is 4. The normalized spacial score (nSPS) is 11.7. The second kappa shape index (κ2) is 30.4. The van der Waals surface area contributed by atoms with Gasteiger partial charge in [-0.05, 0) is 38.5 Å². The molecule has 0 atom stereocenters. The van der Waals surface area contributed by atoms with Gasteiger partial charge >= 0.3 is 48.6 Å². The van der Waals surface area contributed by atoms with Gasteiger partial charge in [0.1, 0.15) is 0 Å². The van der Waals surface area contributed by atoms with Crippen LogP contribution >= 0.6 is 0 Å². The summed E-state index contributed by atoms with van der Waals surface area (Å²) in [6.45, 7) is 1.07. The Morgan fingerprint density at radius 1 is 0.516 bits per heavy atom. The van der Waals surface area contributed by atoms with Crippen LogP contribution in [0.3, 0.4) is 0 Å². The number of carbonyl (C=O) groups excluding carboxylic acids is 2. The molecule has 2 amide bonds. The fourth-order valence-electron chi connectivity index (χ4n) is 3.20. The van der Waals surface area contributed by atoms with Crippen LogP contribution in [0.5, 0.6) is 0 Å². The molecular weight excluding hydrogens is 888 g/mol. The standard InChI is InChI=1S/C22H36N10O2.4C2HF3O2/c23-21(27-11-5-7-17-13-25-15-29-17)31-19(33)9-3-1-2-4-10-20(34)32-22(24)28-12-6-8-18-14-26-16-30-18;4*3-2(4,5)1(6)7/h13-16H,1-12H2,(H,25,29)(H,26,30)(H3,23,27,31,33)(H3,24,28,32,34);4*(H,6,7). The van der Waals surface area contributed by atoms with Gasteiger partial charge in [0.2, 0.25) is 11.8 Å². The van der Waals surface area contributed by atoms with E-state index < -0.39 is 48.6 Å². The molecule has 12 N–H and O–H groups in total. The fourth-order valence-corrected chi connectivity index (χ4v) is 3.20. The van der Waals surface area contributed by atoms with Crippen molar-refractivity contribution in [2.45, 2.75) is 88.9 Å². The molecule has 0 saturated carbocycles. The second-order valence-electron chi connectivity index (χ2n) is 11.1. The maximum absolute atomic E-state index is 11.9. The highest BCUT2D eigenvalue weighted by molar-refractivity contribution is 5.96. The predicted octanol–water partition coefficient (Wildman–Crippen LogP) is 3.43. The van der Waals surface area contributed by atoms with Crippen LogP contribution in [0.2, 0.25) is 0 Å². The molecule has 2 rings (SSSR count). The third kappa shape index (κ3) is 37.6. The predicted molar refractivity (Wildman–Crippen MR) is 186 cm³/mol. The van der Waals surface area contributed by atoms with Crippen LogP contribution in [0.25, 0.3) is 0 Å². The van der Waals surface area contributed by atoms with Gasteiger partial charge in [0.05, 0.1) is 12.7 Å². The molecule has 0 aliphatic rings. The first-order valence-corrected chi connectivity index (χ1v) is 16.6. The molecule has 0 fully saturated rings. The number of hydrogen-bond donors (Lipinski definition) is 10. The van der Waals surface area contributed by atoms with Gasteiger partial charge in [-0.1, -0.05) is 12.8 Å². The lowest BCUT2D eigenvalue weighted by atomic mass is 10.1. The molecule has 0 unspecified atom stereocenters. The maximum atomic E-state index is 11.9. The highest BCUT2D eigenvalue weighted by Crippen LogP contribution is 2.15. The lowest BCUT2D eigenvalue weighted by molar-refractivity contribution is -0.193. The maximum Gasteiger partial charge on any atom is 0.490 e. The van der Waals surface area contributed by atoms with Crippen molar-refractivity contribution in [3.8, 4) is 0 Å². The number of halogens is 12. The molecule has 0 aliphatic carbocycles. The van der Waals surface area contributed by atoms with Crippen LogP contribution in [0.4, 0.5) is 52.7 Å². The van der Waals surface area contributed by atoms with Gasteiger partial charge in [-0.15, -0.1) is 0 Å². The highest BCUT2D eigenvalue weighted by atomic mass is 19.4. The van der Waals surface area contributed by atoms with Crippen molar-refractivity contribution in [3.05, 3.63) is 36.4 Å². The molecule has 0 aliphatic heterocycles. The van der Waals surface area contributed by atoms with Gasteiger partial charge in [0.25, 0.3) is 0 Å². The van der Waals surface area contributed by atoms with Crippen molar-refractivity contribution in [1.29, 1.82) is 0 Å². The summed E-state index contributed by atoms with van der Waals surface area (Å²) in [5.74, 6) is -11.0. The average molecular weight is 929 g/mol. The Labute approximate surface area is 340 Å². The largest absolute Gasteiger partial charge is 0.490 e. The van der Waals surface area contributed by atoms with Gasteiger partial charge < -0.3 is 41.9 Å². The number of carboxylic acids is 4. The van der Waals surface area contributed by atoms with Gasteiger partial charge in [-0.3, -0.25) is 30.2 Å². The molecule has 0 bridgehead atoms. The summed E-state index contributed by atoms with van der Waals surface area (Å²) in [5, 5.41) is 33.7. The summed E-state index contributed by atoms with van der Waals surface area (Å²) in [5.41, 5.74) is 13.6. The van der Waals surface area contributed by atoms with E-state index in [1.165, 1.54) is 0 Å². The molecule has 62 heavy (non-hydrogen) atoms. The van der Waals surface area contributed by atoms with Gasteiger partial charge in [0.15, 0.2) is 11.9 Å². The number of unbranched alkanes of at least 4 members (excludes halogenated alkanes) is 3. The number of aliphatic imine (C=N–C) groups is 2. The number of guanidine groups is 2. The van der Waals surface area contributed by atoms with E-state index >= 15 is 0 Å². The molecule has 32 heteroatoms. The monoisotopic (exact) mass is 928 g/mol. The van der Waals surface area contributed by atoms with Crippen molar-refractivity contribution in [2.75, 3.05) is 13.1 Å². The molecule has 2 heterocycles. The summed E-state index contributed by atoms with van der Waals surface area (Å²) in [7, 11) is 0. The Balaban J connectivity index is -0.000000995. The van der Waals surface area contributed by atoms with E-state index in [9.17, 15) is 62.3 Å². The number of aromatic nitrogens is 4. The SMILES string of the molecule is NC(=NCCCc1cnc[nH]1)NC(=O)CCCCCCC(=O)NC(N)=NCCCc1cnc[nH]1.O=C(O)C(F)(F)F.O=C(O)C(F)(F)F.O=C(O)C(F)(F)F.O=C(O)C(F)(F)F. The first-order valence-electron chi connectivity index (χ1n) is 16.6. The minimum atomic E-state index is -5.08. The number of nitrogens with zero attached hydrogens (tertiary/aromatic N) is 4. The number of rotatable bonds is 15. The molecule has 354 valence electrons. The third-order valence-corrected chi connectivity index (χ3v) is 5.95. The lowest BCUT2D eigenvalue weighted by Crippen LogP contribution is -2.37. The number of hydrogen-bond acceptors (Lipinski definition) is 10. The zero-order valence-electron chi connectivity index (χ0n) is 31.5. The number of carbonyl (C=O) groups is 6. The van der Waals surface area contributed by atoms with Gasteiger partial charge in [-0.2, -0.15) is 52.7 Å². The summed E-state index contributed by atoms with van der Waals surface area (Å²) >= 11 is 0. The molecule has 0 radical (unpaired) electrons. The number of H-pyrrole nitrogens is 2. The van der Waals surface area contributed by atoms with E-state index in [4.69, 9.17) is 51.1 Å². The molecule has 0 saturated heterocycles. The Hall–Kier alpha value is -6.66. The van der Waals surface area contributed by atoms with Crippen molar-refractivity contribution >= 4 is 47.6 Å². The molecule has 2 aromatic heterocycles. The summed E-state index contributed by atoms with van der Waals surface area (Å²) < 4.78 is 127. The minimum Gasteiger partial charge on any atom is -0.475 e. The first kappa shape index (κ1) is 59.7. The fraction of sp³-hybridized carbons (Fsp3) is 0.533. The van der Waals surface area contributed by atoms with E-state index in [0.717, 1.165) is 62.8 Å². The summed E-state index contributed by atoms with van der Waals surface area (Å²) in [4.78, 5) is 81.7. The van der Waals surface area contributed by atoms with Crippen molar-refractivity contribution in [1.82, 2.24) is 30.6 Å². The van der Waals surface area contributed by atoms with Crippen LogP contribution in [0, 0.1) is 0 Å². The smallest absolute Gasteiger partial charge is 0.475 e.